The molecular weight excluding hydrogens is 242 g/mol. The number of hydrogen-bond donors (Lipinski definition) is 0. The van der Waals surface area contributed by atoms with Gasteiger partial charge in [-0.1, -0.05) is 12.5 Å². The Morgan fingerprint density at radius 3 is 3.00 bits per heavy atom. The van der Waals surface area contributed by atoms with Crippen molar-refractivity contribution >= 4 is 11.3 Å². The van der Waals surface area contributed by atoms with Crippen molar-refractivity contribution in [2.45, 2.75) is 31.8 Å². The summed E-state index contributed by atoms with van der Waals surface area (Å²) in [5, 5.41) is 3.26. The molecule has 1 aliphatic heterocycles. The number of nitrogens with zero attached hydrogens (tertiary/aromatic N) is 3. The molecule has 1 atom stereocenters. The highest BCUT2D eigenvalue weighted by Crippen LogP contribution is 2.31. The maximum atomic E-state index is 4.52. The minimum atomic E-state index is 0.462. The van der Waals surface area contributed by atoms with Gasteiger partial charge in [0, 0.05) is 17.8 Å². The second-order valence-corrected chi connectivity index (χ2v) is 5.64. The third kappa shape index (κ3) is 2.60. The Hall–Kier alpha value is -1.26. The van der Waals surface area contributed by atoms with Gasteiger partial charge in [0.05, 0.1) is 18.3 Å². The molecule has 0 bridgehead atoms. The van der Waals surface area contributed by atoms with E-state index in [1.807, 2.05) is 18.5 Å². The van der Waals surface area contributed by atoms with Crippen LogP contribution in [0, 0.1) is 0 Å². The standard InChI is InChI=1S/C14H17N3S/c1-3-7-15-12(5-1)13-6-2-4-9-17(13)11-14-16-8-10-18-14/h1,3,5,7-8,10,13H,2,4,6,9,11H2/t13-/m0/s1. The Kier molecular flexibility index (Phi) is 3.67. The normalized spacial score (nSPS) is 21.0. The fraction of sp³-hybridized carbons (Fsp3) is 0.429. The molecule has 1 fully saturated rings. The van der Waals surface area contributed by atoms with Gasteiger partial charge in [-0.15, -0.1) is 11.3 Å². The Labute approximate surface area is 112 Å². The molecule has 3 rings (SSSR count). The number of thiazole rings is 1. The van der Waals surface area contributed by atoms with Crippen molar-refractivity contribution in [2.75, 3.05) is 6.54 Å². The zero-order valence-corrected chi connectivity index (χ0v) is 11.1. The lowest BCUT2D eigenvalue weighted by Crippen LogP contribution is -2.33. The van der Waals surface area contributed by atoms with Crippen LogP contribution < -0.4 is 0 Å². The monoisotopic (exact) mass is 259 g/mol. The number of aromatic nitrogens is 2. The number of pyridine rings is 1. The van der Waals surface area contributed by atoms with Gasteiger partial charge in [-0.3, -0.25) is 9.88 Å². The van der Waals surface area contributed by atoms with Crippen molar-refractivity contribution in [2.24, 2.45) is 0 Å². The third-order valence-corrected chi connectivity index (χ3v) is 4.23. The van der Waals surface area contributed by atoms with Crippen molar-refractivity contribution in [1.82, 2.24) is 14.9 Å². The van der Waals surface area contributed by atoms with E-state index in [1.54, 1.807) is 11.3 Å². The molecule has 0 aliphatic carbocycles. The summed E-state index contributed by atoms with van der Waals surface area (Å²) in [6.07, 6.45) is 7.58. The van der Waals surface area contributed by atoms with E-state index in [4.69, 9.17) is 0 Å². The first-order valence-corrected chi connectivity index (χ1v) is 7.35. The van der Waals surface area contributed by atoms with Gasteiger partial charge in [0.25, 0.3) is 0 Å². The Morgan fingerprint density at radius 1 is 1.22 bits per heavy atom. The van der Waals surface area contributed by atoms with Gasteiger partial charge < -0.3 is 0 Å². The summed E-state index contributed by atoms with van der Waals surface area (Å²) in [7, 11) is 0. The van der Waals surface area contributed by atoms with Crippen LogP contribution in [0.3, 0.4) is 0 Å². The SMILES string of the molecule is c1ccc([C@@H]2CCCCN2Cc2nccs2)nc1. The van der Waals surface area contributed by atoms with Crippen molar-refractivity contribution in [3.8, 4) is 0 Å². The van der Waals surface area contributed by atoms with E-state index < -0.39 is 0 Å². The van der Waals surface area contributed by atoms with E-state index in [2.05, 4.69) is 32.4 Å². The van der Waals surface area contributed by atoms with Crippen LogP contribution in [-0.2, 0) is 6.54 Å². The van der Waals surface area contributed by atoms with Gasteiger partial charge >= 0.3 is 0 Å². The van der Waals surface area contributed by atoms with Crippen molar-refractivity contribution in [3.05, 3.63) is 46.7 Å². The first kappa shape index (κ1) is 11.8. The van der Waals surface area contributed by atoms with E-state index in [0.717, 1.165) is 13.1 Å². The fourth-order valence-electron chi connectivity index (χ4n) is 2.59. The molecule has 18 heavy (non-hydrogen) atoms. The van der Waals surface area contributed by atoms with E-state index in [-0.39, 0.29) is 0 Å². The topological polar surface area (TPSA) is 29.0 Å². The number of rotatable bonds is 3. The minimum absolute atomic E-state index is 0.462. The minimum Gasteiger partial charge on any atom is -0.288 e. The molecule has 0 radical (unpaired) electrons. The maximum Gasteiger partial charge on any atom is 0.107 e. The smallest absolute Gasteiger partial charge is 0.107 e. The molecule has 2 aromatic heterocycles. The molecule has 0 N–H and O–H groups in total. The molecule has 0 spiro atoms. The summed E-state index contributed by atoms with van der Waals surface area (Å²) in [6, 6.07) is 6.67. The number of hydrogen-bond acceptors (Lipinski definition) is 4. The van der Waals surface area contributed by atoms with E-state index in [0.29, 0.717) is 6.04 Å². The van der Waals surface area contributed by atoms with Crippen LogP contribution in [0.1, 0.15) is 36.0 Å². The number of piperidine rings is 1. The van der Waals surface area contributed by atoms with Crippen LogP contribution in [0.2, 0.25) is 0 Å². The first-order valence-electron chi connectivity index (χ1n) is 6.47. The van der Waals surface area contributed by atoms with E-state index >= 15 is 0 Å². The molecule has 1 saturated heterocycles. The summed E-state index contributed by atoms with van der Waals surface area (Å²) >= 11 is 1.74. The van der Waals surface area contributed by atoms with Gasteiger partial charge in [-0.25, -0.2) is 4.98 Å². The fourth-order valence-corrected chi connectivity index (χ4v) is 3.23. The lowest BCUT2D eigenvalue weighted by molar-refractivity contribution is 0.137. The molecular formula is C14H17N3S. The number of likely N-dealkylation sites (tertiary alicyclic amines) is 1. The highest BCUT2D eigenvalue weighted by molar-refractivity contribution is 7.09. The summed E-state index contributed by atoms with van der Waals surface area (Å²) in [5.41, 5.74) is 1.20. The van der Waals surface area contributed by atoms with Gasteiger partial charge in [0.2, 0.25) is 0 Å². The molecule has 1 aliphatic rings. The van der Waals surface area contributed by atoms with Crippen LogP contribution >= 0.6 is 11.3 Å². The lowest BCUT2D eigenvalue weighted by Gasteiger charge is -2.34. The van der Waals surface area contributed by atoms with Crippen molar-refractivity contribution < 1.29 is 0 Å². The Balaban J connectivity index is 1.78. The quantitative estimate of drug-likeness (QED) is 0.847. The molecule has 0 saturated carbocycles. The predicted molar refractivity (Wildman–Crippen MR) is 73.4 cm³/mol. The Morgan fingerprint density at radius 2 is 2.22 bits per heavy atom. The molecule has 2 aromatic rings. The highest BCUT2D eigenvalue weighted by Gasteiger charge is 2.25. The Bertz CT molecular complexity index is 469. The lowest BCUT2D eigenvalue weighted by atomic mass is 9.99. The van der Waals surface area contributed by atoms with Crippen LogP contribution in [0.5, 0.6) is 0 Å². The molecule has 94 valence electrons. The molecule has 3 heterocycles. The molecule has 0 amide bonds. The largest absolute Gasteiger partial charge is 0.288 e. The van der Waals surface area contributed by atoms with Crippen molar-refractivity contribution in [1.29, 1.82) is 0 Å². The summed E-state index contributed by atoms with van der Waals surface area (Å²) < 4.78 is 0. The third-order valence-electron chi connectivity index (χ3n) is 3.46. The van der Waals surface area contributed by atoms with Crippen LogP contribution in [0.4, 0.5) is 0 Å². The summed E-state index contributed by atoms with van der Waals surface area (Å²) in [4.78, 5) is 11.4. The highest BCUT2D eigenvalue weighted by atomic mass is 32.1. The molecule has 0 aromatic carbocycles. The van der Waals surface area contributed by atoms with Crippen molar-refractivity contribution in [3.63, 3.8) is 0 Å². The van der Waals surface area contributed by atoms with Gasteiger partial charge in [-0.2, -0.15) is 0 Å². The molecule has 0 unspecified atom stereocenters. The zero-order valence-electron chi connectivity index (χ0n) is 10.3. The van der Waals surface area contributed by atoms with Gasteiger partial charge in [-0.05, 0) is 31.5 Å². The van der Waals surface area contributed by atoms with E-state index in [1.165, 1.54) is 30.0 Å². The summed E-state index contributed by atoms with van der Waals surface area (Å²) in [6.45, 7) is 2.11. The zero-order chi connectivity index (χ0) is 12.2. The van der Waals surface area contributed by atoms with Gasteiger partial charge in [0.1, 0.15) is 5.01 Å². The summed E-state index contributed by atoms with van der Waals surface area (Å²) in [5.74, 6) is 0. The van der Waals surface area contributed by atoms with Gasteiger partial charge in [0.15, 0.2) is 0 Å². The van der Waals surface area contributed by atoms with Crippen LogP contribution in [-0.4, -0.2) is 21.4 Å². The molecule has 3 nitrogen and oxygen atoms in total. The average Bonchev–Trinajstić information content (AvgIpc) is 2.93. The van der Waals surface area contributed by atoms with Crippen LogP contribution in [0.15, 0.2) is 36.0 Å². The van der Waals surface area contributed by atoms with E-state index in [9.17, 15) is 0 Å². The second-order valence-electron chi connectivity index (χ2n) is 4.66. The maximum absolute atomic E-state index is 4.52. The first-order chi connectivity index (χ1) is 8.93. The average molecular weight is 259 g/mol. The molecule has 4 heteroatoms. The van der Waals surface area contributed by atoms with Crippen LogP contribution in [0.25, 0.3) is 0 Å². The predicted octanol–water partition coefficient (Wildman–Crippen LogP) is 3.27. The second kappa shape index (κ2) is 5.59.